The van der Waals surface area contributed by atoms with E-state index in [2.05, 4.69) is 162 Å². The third-order valence-electron chi connectivity index (χ3n) is 25.5. The van der Waals surface area contributed by atoms with Crippen molar-refractivity contribution in [1.82, 2.24) is 54.3 Å². The Morgan fingerprint density at radius 1 is 0.457 bits per heavy atom. The van der Waals surface area contributed by atoms with Gasteiger partial charge in [0.25, 0.3) is 0 Å². The average Bonchev–Trinajstić information content (AvgIpc) is 1.59. The van der Waals surface area contributed by atoms with Crippen molar-refractivity contribution in [2.24, 2.45) is 0 Å². The number of hydrogen-bond acceptors (Lipinski definition) is 21. The number of furan rings is 1. The van der Waals surface area contributed by atoms with E-state index in [1.807, 2.05) is 167 Å². The Morgan fingerprint density at radius 2 is 0.843 bits per heavy atom. The minimum atomic E-state index is -0.917. The molecule has 28 heteroatoms. The summed E-state index contributed by atoms with van der Waals surface area (Å²) in [6.45, 7) is 31.6. The first-order valence-corrected chi connectivity index (χ1v) is 53.9. The predicted molar refractivity (Wildman–Crippen MR) is 561 cm³/mol. The summed E-state index contributed by atoms with van der Waals surface area (Å²) in [4.78, 5) is 64.0. The summed E-state index contributed by atoms with van der Waals surface area (Å²) in [6, 6.07) is 78.2. The molecule has 5 aliphatic heterocycles. The Balaban J connectivity index is 0.000000164. The number of piperidine rings is 5. The van der Waals surface area contributed by atoms with Gasteiger partial charge in [-0.15, -0.1) is 5.10 Å². The second-order valence-corrected chi connectivity index (χ2v) is 40.9. The number of carbonyl (C=O) groups excluding carboxylic acids is 4. The summed E-state index contributed by atoms with van der Waals surface area (Å²) in [7, 11) is -0.171. The molecule has 140 heavy (non-hydrogen) atoms. The highest BCUT2D eigenvalue weighted by molar-refractivity contribution is 9.10. The molecular formula is C112H147BrN12O14Si. The van der Waals surface area contributed by atoms with Crippen LogP contribution in [-0.4, -0.2) is 192 Å². The molecule has 0 saturated carbocycles. The molecule has 750 valence electrons. The zero-order chi connectivity index (χ0) is 98.9. The number of halogens is 1. The molecule has 0 spiro atoms. The van der Waals surface area contributed by atoms with Crippen molar-refractivity contribution in [3.63, 3.8) is 0 Å². The van der Waals surface area contributed by atoms with Crippen LogP contribution in [0.1, 0.15) is 208 Å². The summed E-state index contributed by atoms with van der Waals surface area (Å²) in [6.07, 6.45) is 16.2. The molecule has 5 fully saturated rings. The molecule has 0 radical (unpaired) electrons. The van der Waals surface area contributed by atoms with Crippen LogP contribution in [0.4, 0.5) is 20.3 Å². The van der Waals surface area contributed by atoms with E-state index in [0.29, 0.717) is 94.1 Å². The predicted octanol–water partition coefficient (Wildman–Crippen LogP) is 23.5. The summed E-state index contributed by atoms with van der Waals surface area (Å²) in [5, 5.41) is 24.3. The fourth-order valence-electron chi connectivity index (χ4n) is 17.0. The van der Waals surface area contributed by atoms with Crippen LogP contribution in [0.15, 0.2) is 246 Å². The fraction of sp³-hybridized carbons (Fsp3) is 0.446. The third kappa shape index (κ3) is 35.3. The van der Waals surface area contributed by atoms with Crippen LogP contribution in [-0.2, 0) is 51.0 Å². The lowest BCUT2D eigenvalue weighted by molar-refractivity contribution is -0.121. The van der Waals surface area contributed by atoms with Gasteiger partial charge >= 0.3 is 18.3 Å². The number of hydrogen-bond donors (Lipinski definition) is 3. The number of ether oxygens (including phenoxy) is 8. The number of nitrogen functional groups attached to an aromatic ring is 1. The number of likely N-dealkylation sites (tertiary alicyclic amines) is 4. The normalized spacial score (nSPS) is 14.9. The first kappa shape index (κ1) is 108. The molecule has 5 saturated heterocycles. The smallest absolute Gasteiger partial charge is 0.410 e. The molecule has 4 N–H and O–H groups in total. The zero-order valence-corrected chi connectivity index (χ0v) is 86.1. The van der Waals surface area contributed by atoms with E-state index in [1.165, 1.54) is 47.7 Å². The molecule has 0 atom stereocenters. The van der Waals surface area contributed by atoms with Gasteiger partial charge in [-0.1, -0.05) is 229 Å². The van der Waals surface area contributed by atoms with Crippen molar-refractivity contribution in [2.45, 2.75) is 220 Å². The molecule has 0 bridgehead atoms. The summed E-state index contributed by atoms with van der Waals surface area (Å²) >= 11 is 3.36. The lowest BCUT2D eigenvalue weighted by Gasteiger charge is -2.38. The van der Waals surface area contributed by atoms with Gasteiger partial charge in [0.15, 0.2) is 17.1 Å². The van der Waals surface area contributed by atoms with Crippen molar-refractivity contribution in [3.8, 4) is 40.3 Å². The number of aliphatic hydroxyl groups is 1. The van der Waals surface area contributed by atoms with E-state index in [9.17, 15) is 24.3 Å². The fourth-order valence-corrected chi connectivity index (χ4v) is 19.0. The first-order valence-electron chi connectivity index (χ1n) is 50.6. The maximum Gasteiger partial charge on any atom is 0.410 e. The lowest BCUT2D eigenvalue weighted by atomic mass is 9.84. The van der Waals surface area contributed by atoms with E-state index >= 15 is 0 Å². The van der Waals surface area contributed by atoms with Crippen LogP contribution >= 0.6 is 15.9 Å². The van der Waals surface area contributed by atoms with Crippen molar-refractivity contribution >= 4 is 71.4 Å². The van der Waals surface area contributed by atoms with E-state index in [-0.39, 0.29) is 52.0 Å². The maximum atomic E-state index is 12.3. The highest BCUT2D eigenvalue weighted by Gasteiger charge is 2.37. The van der Waals surface area contributed by atoms with Crippen LogP contribution in [0.5, 0.6) is 28.7 Å². The Labute approximate surface area is 838 Å². The molecule has 12 aromatic rings. The molecule has 5 aliphatic rings. The Hall–Kier alpha value is -12.1. The second kappa shape index (κ2) is 59.5. The van der Waals surface area contributed by atoms with Gasteiger partial charge in [-0.05, 0) is 251 Å². The zero-order valence-electron chi connectivity index (χ0n) is 83.4. The number of amides is 3. The largest absolute Gasteiger partial charge is 0.494 e. The minimum Gasteiger partial charge on any atom is -0.494 e. The summed E-state index contributed by atoms with van der Waals surface area (Å²) in [5.41, 5.74) is 14.7. The Kier molecular flexibility index (Phi) is 46.0. The summed E-state index contributed by atoms with van der Waals surface area (Å²) < 4.78 is 53.9. The van der Waals surface area contributed by atoms with Crippen molar-refractivity contribution in [1.29, 1.82) is 0 Å². The molecule has 26 nitrogen and oxygen atoms in total. The topological polar surface area (TPSA) is 287 Å². The van der Waals surface area contributed by atoms with Crippen molar-refractivity contribution in [2.75, 3.05) is 111 Å². The van der Waals surface area contributed by atoms with Gasteiger partial charge in [-0.3, -0.25) is 4.79 Å². The van der Waals surface area contributed by atoms with Crippen molar-refractivity contribution in [3.05, 3.63) is 280 Å². The number of benzene rings is 8. The number of nitrogens with zero attached hydrogens (tertiary/aromatic N) is 10. The van der Waals surface area contributed by atoms with E-state index in [4.69, 9.17) is 48.0 Å². The molecule has 8 aromatic carbocycles. The highest BCUT2D eigenvalue weighted by Crippen LogP contribution is 2.37. The quantitative estimate of drug-likeness (QED) is 0.0261. The molecule has 9 heterocycles. The van der Waals surface area contributed by atoms with Crippen LogP contribution in [0.3, 0.4) is 0 Å². The third-order valence-corrected chi connectivity index (χ3v) is 29.5. The standard InChI is InChI=1S/C26H30N8O2.C22H27NO4.C22H27NO3.C14H21NO.C13H15NO3.C9H11BrO.C6H16Si/c1-2-15-35-20-7-5-18(6-8-20)19-9-11-32(12-10-19)13-14-33-24-21(17-28-33)25-29-23(22-4-3-16-36-22)31-34(25)26(27)30-24;1-2-16-26-20-10-8-19(9-11-20)22(25)12-14-23(15-13-22)21(24)27-17-18-6-4-3-5-7-18;1-2-16-25-21-10-8-19(9-11-21)20-12-14-23(15-13-20)22(24)26-17-18-6-4-3-5-7-18;1-2-11-16-14-5-3-12(4-6-14)13-7-9-15-10-8-13;15-12-6-8-14(9-7-12)13(16)17-10-11-4-2-1-3-5-11;1-2-7-11-9-5-3-8(10)4-6-9;1-4-7(5-2)6-3/h3-8,16-17,19H,2,9-15H2,1H3,(H2,27,30);3-11,25H,2,12-17H2,1H3;3-11,20H,2,12-17H2,1H3;3-6,13,15H,2,7-11H2,1H3;1-5H,6-10H2;3-6H,2,7H2,1H3;7H,4-6H2,1-3H3. The van der Waals surface area contributed by atoms with E-state index in [0.717, 1.165) is 209 Å². The highest BCUT2D eigenvalue weighted by atomic mass is 79.9. The number of aromatic nitrogens is 6. The number of ketones is 1. The van der Waals surface area contributed by atoms with E-state index in [1.54, 1.807) is 32.8 Å². The van der Waals surface area contributed by atoms with Crippen LogP contribution < -0.4 is 34.7 Å². The van der Waals surface area contributed by atoms with Gasteiger partial charge in [-0.2, -0.15) is 14.6 Å². The molecular weight excluding hydrogens is 1850 g/mol. The number of fused-ring (bicyclic) bond motifs is 3. The molecule has 0 aliphatic carbocycles. The monoisotopic (exact) mass is 1990 g/mol. The minimum absolute atomic E-state index is 0.171. The maximum absolute atomic E-state index is 12.3. The van der Waals surface area contributed by atoms with Crippen LogP contribution in [0.2, 0.25) is 18.1 Å². The number of carbonyl (C=O) groups is 4. The van der Waals surface area contributed by atoms with E-state index < -0.39 is 5.60 Å². The number of anilines is 1. The first-order chi connectivity index (χ1) is 68.4. The molecule has 17 rings (SSSR count). The molecule has 3 amide bonds. The van der Waals surface area contributed by atoms with Crippen LogP contribution in [0, 0.1) is 0 Å². The number of nitrogens with one attached hydrogen (secondary N) is 1. The van der Waals surface area contributed by atoms with Gasteiger partial charge in [-0.25, -0.2) is 24.0 Å². The van der Waals surface area contributed by atoms with Gasteiger partial charge in [0.05, 0.1) is 63.0 Å². The lowest BCUT2D eigenvalue weighted by Crippen LogP contribution is -2.45. The number of rotatable bonds is 32. The molecule has 0 unspecified atom stereocenters. The van der Waals surface area contributed by atoms with Crippen LogP contribution in [0.25, 0.3) is 28.3 Å². The number of Topliss-reactive ketones (excluding diaryl/α,β-unsaturated/α-hetero) is 1. The Morgan fingerprint density at radius 3 is 1.24 bits per heavy atom. The van der Waals surface area contributed by atoms with Gasteiger partial charge in [0, 0.05) is 71.9 Å². The SMILES string of the molecule is CCCOc1ccc(Br)cc1.CCCOc1ccc(C2(O)CCN(C(=O)OCc3ccccc3)CC2)cc1.CCCOc1ccc(C2CCN(C(=O)OCc3ccccc3)CC2)cc1.CCCOc1ccc(C2CCN(CCn3ncc4c3nc(N)n3nc(-c5ccco5)nc43)CC2)cc1.CCCOc1ccc(C2CCNCC2)cc1.CC[SiH](CC)CC.O=C1CCN(C(=O)OCc2ccccc2)CC1. The average molecular weight is 1990 g/mol. The molecule has 4 aromatic heterocycles. The van der Waals surface area contributed by atoms with Crippen molar-refractivity contribution < 1.29 is 66.6 Å². The van der Waals surface area contributed by atoms with Gasteiger partial charge in [0.2, 0.25) is 11.8 Å². The van der Waals surface area contributed by atoms with Gasteiger partial charge in [0.1, 0.15) is 54.4 Å². The second-order valence-electron chi connectivity index (χ2n) is 35.8. The summed E-state index contributed by atoms with van der Waals surface area (Å²) in [5.74, 6) is 8.02. The Bertz CT molecular complexity index is 5490. The van der Waals surface area contributed by atoms with Gasteiger partial charge < -0.3 is 78.1 Å². The number of nitrogens with two attached hydrogens (primary N) is 1.